The van der Waals surface area contributed by atoms with Gasteiger partial charge < -0.3 is 10.5 Å². The second kappa shape index (κ2) is 6.49. The molecule has 20 heavy (non-hydrogen) atoms. The van der Waals surface area contributed by atoms with Gasteiger partial charge in [0.2, 0.25) is 0 Å². The SMILES string of the molecule is Cc1ccc(Cl)c(OC(c2ccc(Cl)cc2)C(C)N)c1. The van der Waals surface area contributed by atoms with Crippen LogP contribution in [-0.4, -0.2) is 6.04 Å². The zero-order valence-corrected chi connectivity index (χ0v) is 12.9. The first-order valence-corrected chi connectivity index (χ1v) is 7.17. The topological polar surface area (TPSA) is 35.2 Å². The fourth-order valence-corrected chi connectivity index (χ4v) is 2.26. The molecule has 2 nitrogen and oxygen atoms in total. The summed E-state index contributed by atoms with van der Waals surface area (Å²) in [6.45, 7) is 3.90. The first-order valence-electron chi connectivity index (χ1n) is 6.41. The van der Waals surface area contributed by atoms with E-state index in [2.05, 4.69) is 0 Å². The van der Waals surface area contributed by atoms with Crippen molar-refractivity contribution in [1.29, 1.82) is 0 Å². The van der Waals surface area contributed by atoms with E-state index in [1.54, 1.807) is 0 Å². The fraction of sp³-hybridized carbons (Fsp3) is 0.250. The van der Waals surface area contributed by atoms with E-state index in [0.29, 0.717) is 15.8 Å². The molecule has 0 spiro atoms. The second-order valence-electron chi connectivity index (χ2n) is 4.88. The molecule has 0 saturated heterocycles. The van der Waals surface area contributed by atoms with Crippen LogP contribution in [0.4, 0.5) is 0 Å². The van der Waals surface area contributed by atoms with Crippen molar-refractivity contribution in [2.24, 2.45) is 5.73 Å². The van der Waals surface area contributed by atoms with Crippen LogP contribution < -0.4 is 10.5 Å². The van der Waals surface area contributed by atoms with Crippen LogP contribution in [0.1, 0.15) is 24.2 Å². The van der Waals surface area contributed by atoms with Gasteiger partial charge in [-0.15, -0.1) is 0 Å². The van der Waals surface area contributed by atoms with E-state index in [-0.39, 0.29) is 12.1 Å². The van der Waals surface area contributed by atoms with Crippen LogP contribution in [0.3, 0.4) is 0 Å². The van der Waals surface area contributed by atoms with Crippen molar-refractivity contribution in [3.8, 4) is 5.75 Å². The summed E-state index contributed by atoms with van der Waals surface area (Å²) >= 11 is 12.1. The van der Waals surface area contributed by atoms with Gasteiger partial charge in [-0.3, -0.25) is 0 Å². The van der Waals surface area contributed by atoms with Crippen molar-refractivity contribution in [1.82, 2.24) is 0 Å². The van der Waals surface area contributed by atoms with Gasteiger partial charge in [0.15, 0.2) is 0 Å². The number of aryl methyl sites for hydroxylation is 1. The summed E-state index contributed by atoms with van der Waals surface area (Å²) in [5.41, 5.74) is 8.10. The largest absolute Gasteiger partial charge is 0.483 e. The quantitative estimate of drug-likeness (QED) is 0.883. The molecule has 2 aromatic carbocycles. The Hall–Kier alpha value is -1.22. The van der Waals surface area contributed by atoms with Gasteiger partial charge >= 0.3 is 0 Å². The Morgan fingerprint density at radius 2 is 1.70 bits per heavy atom. The van der Waals surface area contributed by atoms with E-state index in [1.165, 1.54) is 0 Å². The molecule has 0 aromatic heterocycles. The highest BCUT2D eigenvalue weighted by Gasteiger charge is 2.19. The van der Waals surface area contributed by atoms with Crippen LogP contribution in [0.2, 0.25) is 10.0 Å². The van der Waals surface area contributed by atoms with Gasteiger partial charge in [0.25, 0.3) is 0 Å². The van der Waals surface area contributed by atoms with Crippen molar-refractivity contribution in [3.05, 3.63) is 63.6 Å². The highest BCUT2D eigenvalue weighted by Crippen LogP contribution is 2.31. The minimum atomic E-state index is -0.272. The number of benzene rings is 2. The monoisotopic (exact) mass is 309 g/mol. The molecule has 0 bridgehead atoms. The smallest absolute Gasteiger partial charge is 0.139 e. The van der Waals surface area contributed by atoms with E-state index < -0.39 is 0 Å². The summed E-state index contributed by atoms with van der Waals surface area (Å²) in [6, 6.07) is 13.0. The minimum Gasteiger partial charge on any atom is -0.483 e. The third kappa shape index (κ3) is 3.66. The minimum absolute atomic E-state index is 0.173. The molecular weight excluding hydrogens is 293 g/mol. The second-order valence-corrected chi connectivity index (χ2v) is 5.73. The normalized spacial score (nSPS) is 13.8. The van der Waals surface area contributed by atoms with Crippen LogP contribution in [-0.2, 0) is 0 Å². The van der Waals surface area contributed by atoms with Crippen molar-refractivity contribution in [3.63, 3.8) is 0 Å². The van der Waals surface area contributed by atoms with Crippen LogP contribution >= 0.6 is 23.2 Å². The lowest BCUT2D eigenvalue weighted by molar-refractivity contribution is 0.180. The summed E-state index contributed by atoms with van der Waals surface area (Å²) in [5.74, 6) is 0.643. The number of hydrogen-bond donors (Lipinski definition) is 1. The molecule has 2 N–H and O–H groups in total. The van der Waals surface area contributed by atoms with Crippen molar-refractivity contribution in [2.45, 2.75) is 26.0 Å². The summed E-state index contributed by atoms with van der Waals surface area (Å²) in [4.78, 5) is 0. The number of ether oxygens (including phenoxy) is 1. The molecule has 0 amide bonds. The van der Waals surface area contributed by atoms with Gasteiger partial charge in [-0.1, -0.05) is 41.4 Å². The van der Waals surface area contributed by atoms with Crippen LogP contribution in [0.5, 0.6) is 5.75 Å². The Morgan fingerprint density at radius 3 is 2.30 bits per heavy atom. The average molecular weight is 310 g/mol. The van der Waals surface area contributed by atoms with Gasteiger partial charge in [-0.2, -0.15) is 0 Å². The molecule has 2 aromatic rings. The van der Waals surface area contributed by atoms with E-state index in [4.69, 9.17) is 33.7 Å². The van der Waals surface area contributed by atoms with Crippen LogP contribution in [0.25, 0.3) is 0 Å². The van der Waals surface area contributed by atoms with Gasteiger partial charge in [0, 0.05) is 11.1 Å². The molecule has 4 heteroatoms. The maximum Gasteiger partial charge on any atom is 0.139 e. The lowest BCUT2D eigenvalue weighted by Gasteiger charge is -2.24. The highest BCUT2D eigenvalue weighted by molar-refractivity contribution is 6.32. The Bertz CT molecular complexity index is 582. The standard InChI is InChI=1S/C16H17Cl2NO/c1-10-3-8-14(18)15(9-10)20-16(11(2)19)12-4-6-13(17)7-5-12/h3-9,11,16H,19H2,1-2H3. The summed E-state index contributed by atoms with van der Waals surface area (Å²) in [5, 5.41) is 1.26. The molecule has 0 fully saturated rings. The average Bonchev–Trinajstić information content (AvgIpc) is 2.40. The maximum atomic E-state index is 6.17. The molecule has 2 atom stereocenters. The van der Waals surface area contributed by atoms with Gasteiger partial charge in [-0.05, 0) is 49.2 Å². The first-order chi connectivity index (χ1) is 9.47. The Kier molecular flexibility index (Phi) is 4.92. The molecule has 0 aliphatic rings. The van der Waals surface area contributed by atoms with Crippen molar-refractivity contribution < 1.29 is 4.74 Å². The predicted molar refractivity (Wildman–Crippen MR) is 84.7 cm³/mol. The molecule has 2 rings (SSSR count). The Balaban J connectivity index is 2.30. The number of nitrogens with two attached hydrogens (primary N) is 1. The first kappa shape index (κ1) is 15.2. The number of halogens is 2. The molecule has 0 aliphatic heterocycles. The fourth-order valence-electron chi connectivity index (χ4n) is 1.97. The van der Waals surface area contributed by atoms with Crippen molar-refractivity contribution >= 4 is 23.2 Å². The van der Waals surface area contributed by atoms with Crippen LogP contribution in [0, 0.1) is 6.92 Å². The molecule has 0 heterocycles. The molecule has 0 aliphatic carbocycles. The maximum absolute atomic E-state index is 6.17. The molecule has 2 unspecified atom stereocenters. The summed E-state index contributed by atoms with van der Waals surface area (Å²) < 4.78 is 6.01. The highest BCUT2D eigenvalue weighted by atomic mass is 35.5. The molecule has 106 valence electrons. The van der Waals surface area contributed by atoms with E-state index >= 15 is 0 Å². The lowest BCUT2D eigenvalue weighted by atomic mass is 10.0. The number of rotatable bonds is 4. The van der Waals surface area contributed by atoms with E-state index in [1.807, 2.05) is 56.3 Å². The Labute approximate surface area is 129 Å². The summed E-state index contributed by atoms with van der Waals surface area (Å²) in [7, 11) is 0. The third-order valence-corrected chi connectivity index (χ3v) is 3.58. The zero-order chi connectivity index (χ0) is 14.7. The predicted octanol–water partition coefficient (Wildman–Crippen LogP) is 4.77. The molecule has 0 radical (unpaired) electrons. The van der Waals surface area contributed by atoms with E-state index in [9.17, 15) is 0 Å². The van der Waals surface area contributed by atoms with Gasteiger partial charge in [0.05, 0.1) is 5.02 Å². The summed E-state index contributed by atoms with van der Waals surface area (Å²) in [6.07, 6.45) is -0.272. The molecule has 0 saturated carbocycles. The Morgan fingerprint density at radius 1 is 1.05 bits per heavy atom. The lowest BCUT2D eigenvalue weighted by Crippen LogP contribution is -2.29. The molecular formula is C16H17Cl2NO. The van der Waals surface area contributed by atoms with E-state index in [0.717, 1.165) is 11.1 Å². The van der Waals surface area contributed by atoms with Gasteiger partial charge in [-0.25, -0.2) is 0 Å². The van der Waals surface area contributed by atoms with Crippen molar-refractivity contribution in [2.75, 3.05) is 0 Å². The van der Waals surface area contributed by atoms with Gasteiger partial charge in [0.1, 0.15) is 11.9 Å². The van der Waals surface area contributed by atoms with Crippen LogP contribution in [0.15, 0.2) is 42.5 Å². The zero-order valence-electron chi connectivity index (χ0n) is 11.4. The number of hydrogen-bond acceptors (Lipinski definition) is 2. The third-order valence-electron chi connectivity index (χ3n) is 3.02.